The predicted octanol–water partition coefficient (Wildman–Crippen LogP) is 0.281. The molecule has 0 aromatic carbocycles. The summed E-state index contributed by atoms with van der Waals surface area (Å²) in [6, 6.07) is -1.50. The quantitative estimate of drug-likeness (QED) is 0.413. The molecule has 0 saturated heterocycles. The van der Waals surface area contributed by atoms with Crippen LogP contribution < -0.4 is 10.6 Å². The summed E-state index contributed by atoms with van der Waals surface area (Å²) in [7, 11) is 0. The fourth-order valence-corrected chi connectivity index (χ4v) is 1.31. The largest absolute Gasteiger partial charge is 0.480 e. The molecule has 0 unspecified atom stereocenters. The summed E-state index contributed by atoms with van der Waals surface area (Å²) in [5.41, 5.74) is 0.647. The zero-order valence-electron chi connectivity index (χ0n) is 9.85. The second-order valence-electron chi connectivity index (χ2n) is 3.65. The number of nitrogens with one attached hydrogen (secondary N) is 3. The fourth-order valence-electron chi connectivity index (χ4n) is 1.31. The summed E-state index contributed by atoms with van der Waals surface area (Å²) in [5.74, 6) is -1.09. The van der Waals surface area contributed by atoms with Gasteiger partial charge in [0.05, 0.1) is 6.33 Å². The van der Waals surface area contributed by atoms with Crippen LogP contribution in [0.15, 0.2) is 25.2 Å². The van der Waals surface area contributed by atoms with Crippen molar-refractivity contribution in [2.24, 2.45) is 0 Å². The standard InChI is InChI=1S/C11H16N4O3/c1-2-3-4-13-11(18)15-9(10(16)17)5-8-6-12-7-14-8/h2,6-7,9H,1,3-5H2,(H,12,14)(H,16,17)(H2,13,15,18)/t9-/m0/s1. The summed E-state index contributed by atoms with van der Waals surface area (Å²) < 4.78 is 0. The van der Waals surface area contributed by atoms with Crippen LogP contribution in [0.4, 0.5) is 4.79 Å². The highest BCUT2D eigenvalue weighted by atomic mass is 16.4. The lowest BCUT2D eigenvalue weighted by atomic mass is 10.2. The summed E-state index contributed by atoms with van der Waals surface area (Å²) in [6.07, 6.45) is 5.43. The fraction of sp³-hybridized carbons (Fsp3) is 0.364. The molecule has 7 heteroatoms. The molecule has 7 nitrogen and oxygen atoms in total. The van der Waals surface area contributed by atoms with Gasteiger partial charge in [0.15, 0.2) is 0 Å². The second-order valence-corrected chi connectivity index (χ2v) is 3.65. The van der Waals surface area contributed by atoms with Crippen LogP contribution in [0.5, 0.6) is 0 Å². The molecule has 0 radical (unpaired) electrons. The normalized spacial score (nSPS) is 11.6. The smallest absolute Gasteiger partial charge is 0.326 e. The SMILES string of the molecule is C=CCCNC(=O)N[C@@H](Cc1cnc[nH]1)C(=O)O. The number of nitrogens with zero attached hydrogens (tertiary/aromatic N) is 1. The first-order valence-corrected chi connectivity index (χ1v) is 5.48. The highest BCUT2D eigenvalue weighted by molar-refractivity contribution is 5.82. The van der Waals surface area contributed by atoms with Gasteiger partial charge in [0.25, 0.3) is 0 Å². The van der Waals surface area contributed by atoms with E-state index in [4.69, 9.17) is 5.11 Å². The van der Waals surface area contributed by atoms with Gasteiger partial charge in [-0.2, -0.15) is 0 Å². The van der Waals surface area contributed by atoms with Crippen molar-refractivity contribution in [1.29, 1.82) is 0 Å². The molecule has 1 heterocycles. The number of hydrogen-bond acceptors (Lipinski definition) is 3. The first-order valence-electron chi connectivity index (χ1n) is 5.48. The van der Waals surface area contributed by atoms with Crippen molar-refractivity contribution in [3.8, 4) is 0 Å². The van der Waals surface area contributed by atoms with E-state index in [2.05, 4.69) is 27.2 Å². The molecule has 0 spiro atoms. The zero-order valence-corrected chi connectivity index (χ0v) is 9.85. The van der Waals surface area contributed by atoms with Crippen molar-refractivity contribution in [3.63, 3.8) is 0 Å². The van der Waals surface area contributed by atoms with Gasteiger partial charge in [-0.3, -0.25) is 0 Å². The summed E-state index contributed by atoms with van der Waals surface area (Å²) >= 11 is 0. The molecule has 1 aromatic heterocycles. The van der Waals surface area contributed by atoms with Crippen molar-refractivity contribution >= 4 is 12.0 Å². The molecule has 0 aliphatic heterocycles. The number of carbonyl (C=O) groups excluding carboxylic acids is 1. The van der Waals surface area contributed by atoms with E-state index in [0.29, 0.717) is 18.7 Å². The maximum Gasteiger partial charge on any atom is 0.326 e. The van der Waals surface area contributed by atoms with E-state index in [1.165, 1.54) is 12.5 Å². The van der Waals surface area contributed by atoms with Crippen molar-refractivity contribution in [2.45, 2.75) is 18.9 Å². The Morgan fingerprint density at radius 3 is 2.94 bits per heavy atom. The minimum atomic E-state index is -1.09. The monoisotopic (exact) mass is 252 g/mol. The number of carboxylic acid groups (broad SMARTS) is 1. The molecule has 0 bridgehead atoms. The van der Waals surface area contributed by atoms with E-state index in [1.807, 2.05) is 0 Å². The molecular formula is C11H16N4O3. The van der Waals surface area contributed by atoms with Gasteiger partial charge >= 0.3 is 12.0 Å². The van der Waals surface area contributed by atoms with Crippen LogP contribution in [0.25, 0.3) is 0 Å². The molecule has 1 atom stereocenters. The van der Waals surface area contributed by atoms with E-state index in [1.54, 1.807) is 6.08 Å². The Labute approximate surface area is 104 Å². The van der Waals surface area contributed by atoms with Crippen LogP contribution in [-0.2, 0) is 11.2 Å². The van der Waals surface area contributed by atoms with Crippen LogP contribution in [0, 0.1) is 0 Å². The van der Waals surface area contributed by atoms with Crippen molar-refractivity contribution < 1.29 is 14.7 Å². The lowest BCUT2D eigenvalue weighted by Crippen LogP contribution is -2.47. The lowest BCUT2D eigenvalue weighted by Gasteiger charge is -2.14. The Kier molecular flexibility index (Phi) is 5.43. The maximum absolute atomic E-state index is 11.4. The van der Waals surface area contributed by atoms with Crippen molar-refractivity contribution in [1.82, 2.24) is 20.6 Å². The van der Waals surface area contributed by atoms with Gasteiger partial charge < -0.3 is 20.7 Å². The third-order valence-electron chi connectivity index (χ3n) is 2.22. The highest BCUT2D eigenvalue weighted by Gasteiger charge is 2.20. The number of H-pyrrole nitrogens is 1. The lowest BCUT2D eigenvalue weighted by molar-refractivity contribution is -0.139. The van der Waals surface area contributed by atoms with Crippen LogP contribution in [0.1, 0.15) is 12.1 Å². The molecule has 18 heavy (non-hydrogen) atoms. The van der Waals surface area contributed by atoms with Crippen LogP contribution in [0.3, 0.4) is 0 Å². The molecule has 0 aliphatic carbocycles. The van der Waals surface area contributed by atoms with Crippen LogP contribution >= 0.6 is 0 Å². The Bertz CT molecular complexity index is 402. The maximum atomic E-state index is 11.4. The number of hydrogen-bond donors (Lipinski definition) is 4. The van der Waals surface area contributed by atoms with Gasteiger partial charge in [-0.1, -0.05) is 6.08 Å². The van der Waals surface area contributed by atoms with Gasteiger partial charge in [0.2, 0.25) is 0 Å². The third-order valence-corrected chi connectivity index (χ3v) is 2.22. The number of urea groups is 1. The first-order chi connectivity index (χ1) is 8.63. The number of aromatic amines is 1. The van der Waals surface area contributed by atoms with Crippen molar-refractivity contribution in [3.05, 3.63) is 30.9 Å². The molecule has 0 aliphatic rings. The molecule has 4 N–H and O–H groups in total. The molecular weight excluding hydrogens is 236 g/mol. The molecule has 0 saturated carbocycles. The van der Waals surface area contributed by atoms with E-state index in [0.717, 1.165) is 0 Å². The minimum absolute atomic E-state index is 0.157. The summed E-state index contributed by atoms with van der Waals surface area (Å²) in [6.45, 7) is 3.94. The average Bonchev–Trinajstić information content (AvgIpc) is 2.81. The number of amides is 2. The summed E-state index contributed by atoms with van der Waals surface area (Å²) in [5, 5.41) is 13.9. The number of carbonyl (C=O) groups is 2. The van der Waals surface area contributed by atoms with E-state index >= 15 is 0 Å². The second kappa shape index (κ2) is 7.10. The molecule has 1 aromatic rings. The van der Waals surface area contributed by atoms with Gasteiger partial charge in [0.1, 0.15) is 6.04 Å². The minimum Gasteiger partial charge on any atom is -0.480 e. The topological polar surface area (TPSA) is 107 Å². The number of aromatic nitrogens is 2. The summed E-state index contributed by atoms with van der Waals surface area (Å²) in [4.78, 5) is 29.0. The Balaban J connectivity index is 2.45. The van der Waals surface area contributed by atoms with Crippen molar-refractivity contribution in [2.75, 3.05) is 6.54 Å². The number of aliphatic carboxylic acids is 1. The van der Waals surface area contributed by atoms with Gasteiger partial charge in [-0.05, 0) is 6.42 Å². The van der Waals surface area contributed by atoms with Crippen LogP contribution in [0.2, 0.25) is 0 Å². The number of rotatable bonds is 7. The third kappa shape index (κ3) is 4.69. The van der Waals surface area contributed by atoms with E-state index in [9.17, 15) is 9.59 Å². The predicted molar refractivity (Wildman–Crippen MR) is 65.1 cm³/mol. The molecule has 98 valence electrons. The Morgan fingerprint density at radius 1 is 1.61 bits per heavy atom. The Morgan fingerprint density at radius 2 is 2.39 bits per heavy atom. The van der Waals surface area contributed by atoms with E-state index < -0.39 is 18.0 Å². The van der Waals surface area contributed by atoms with Crippen LogP contribution in [-0.4, -0.2) is 39.7 Å². The Hall–Kier alpha value is -2.31. The molecule has 1 rings (SSSR count). The van der Waals surface area contributed by atoms with Gasteiger partial charge in [0, 0.05) is 24.9 Å². The molecule has 0 fully saturated rings. The highest BCUT2D eigenvalue weighted by Crippen LogP contribution is 1.98. The average molecular weight is 252 g/mol. The molecule has 2 amide bonds. The number of carboxylic acids is 1. The first kappa shape index (κ1) is 13.8. The zero-order chi connectivity index (χ0) is 13.4. The van der Waals surface area contributed by atoms with Gasteiger partial charge in [-0.25, -0.2) is 14.6 Å². The number of imidazole rings is 1. The van der Waals surface area contributed by atoms with E-state index in [-0.39, 0.29) is 6.42 Å². The van der Waals surface area contributed by atoms with Gasteiger partial charge in [-0.15, -0.1) is 6.58 Å².